The molecule has 0 aliphatic heterocycles. The molecule has 1 atom stereocenters. The van der Waals surface area contributed by atoms with Gasteiger partial charge in [-0.15, -0.1) is 0 Å². The quantitative estimate of drug-likeness (QED) is 0.873. The Morgan fingerprint density at radius 2 is 2.29 bits per heavy atom. The Morgan fingerprint density at radius 3 is 2.88 bits per heavy atom. The van der Waals surface area contributed by atoms with Gasteiger partial charge in [-0.3, -0.25) is 4.79 Å². The summed E-state index contributed by atoms with van der Waals surface area (Å²) in [7, 11) is 0. The van der Waals surface area contributed by atoms with Crippen LogP contribution in [0.4, 0.5) is 0 Å². The monoisotopic (exact) mass is 236 g/mol. The van der Waals surface area contributed by atoms with Crippen LogP contribution in [0.3, 0.4) is 0 Å². The van der Waals surface area contributed by atoms with Crippen LogP contribution in [0, 0.1) is 0 Å². The fraction of sp³-hybridized carbons (Fsp3) is 0.692. The third-order valence-electron chi connectivity index (χ3n) is 3.51. The van der Waals surface area contributed by atoms with Gasteiger partial charge in [-0.1, -0.05) is 6.92 Å². The lowest BCUT2D eigenvalue weighted by atomic mass is 9.90. The SMILES string of the molecule is CCCc1nc2c(n1CC)CCCC2C(=O)O. The lowest BCUT2D eigenvalue weighted by Crippen LogP contribution is -2.19. The molecule has 0 radical (unpaired) electrons. The second-order valence-electron chi connectivity index (χ2n) is 4.64. The molecule has 1 N–H and O–H groups in total. The van der Waals surface area contributed by atoms with E-state index in [4.69, 9.17) is 0 Å². The van der Waals surface area contributed by atoms with Gasteiger partial charge < -0.3 is 9.67 Å². The maximum Gasteiger partial charge on any atom is 0.312 e. The Balaban J connectivity index is 2.45. The van der Waals surface area contributed by atoms with E-state index in [1.165, 1.54) is 0 Å². The lowest BCUT2D eigenvalue weighted by Gasteiger charge is -2.19. The molecule has 94 valence electrons. The van der Waals surface area contributed by atoms with Crippen molar-refractivity contribution in [2.45, 2.75) is 58.4 Å². The second kappa shape index (κ2) is 4.90. The number of nitrogens with zero attached hydrogens (tertiary/aromatic N) is 2. The van der Waals surface area contributed by atoms with E-state index in [9.17, 15) is 9.90 Å². The van der Waals surface area contributed by atoms with Gasteiger partial charge in [-0.05, 0) is 32.6 Å². The van der Waals surface area contributed by atoms with Gasteiger partial charge in [0.05, 0.1) is 5.69 Å². The van der Waals surface area contributed by atoms with Gasteiger partial charge >= 0.3 is 5.97 Å². The summed E-state index contributed by atoms with van der Waals surface area (Å²) in [4.78, 5) is 15.8. The number of hydrogen-bond donors (Lipinski definition) is 1. The molecule has 0 bridgehead atoms. The third-order valence-corrected chi connectivity index (χ3v) is 3.51. The second-order valence-corrected chi connectivity index (χ2v) is 4.64. The molecule has 1 heterocycles. The number of aryl methyl sites for hydroxylation is 1. The molecule has 0 amide bonds. The van der Waals surface area contributed by atoms with Crippen molar-refractivity contribution >= 4 is 5.97 Å². The van der Waals surface area contributed by atoms with Gasteiger partial charge in [-0.25, -0.2) is 4.98 Å². The summed E-state index contributed by atoms with van der Waals surface area (Å²) < 4.78 is 2.22. The standard InChI is InChI=1S/C13H20N2O2/c1-3-6-11-14-12-9(13(16)17)7-5-8-10(12)15(11)4-2/h9H,3-8H2,1-2H3,(H,16,17). The number of carbonyl (C=O) groups is 1. The molecule has 1 aromatic rings. The minimum atomic E-state index is -0.727. The Hall–Kier alpha value is -1.32. The highest BCUT2D eigenvalue weighted by Crippen LogP contribution is 2.32. The average Bonchev–Trinajstić information content (AvgIpc) is 2.66. The molecular weight excluding hydrogens is 216 g/mol. The first-order chi connectivity index (χ1) is 8.19. The summed E-state index contributed by atoms with van der Waals surface area (Å²) in [5, 5.41) is 9.24. The fourth-order valence-electron chi connectivity index (χ4n) is 2.74. The molecule has 1 unspecified atom stereocenters. The highest BCUT2D eigenvalue weighted by atomic mass is 16.4. The van der Waals surface area contributed by atoms with E-state index in [1.54, 1.807) is 0 Å². The summed E-state index contributed by atoms with van der Waals surface area (Å²) in [5.74, 6) is -0.0509. The molecule has 4 nitrogen and oxygen atoms in total. The molecule has 1 aliphatic carbocycles. The van der Waals surface area contributed by atoms with E-state index in [1.807, 2.05) is 0 Å². The molecule has 0 spiro atoms. The number of aromatic nitrogens is 2. The average molecular weight is 236 g/mol. The van der Waals surface area contributed by atoms with Crippen LogP contribution in [0.2, 0.25) is 0 Å². The molecule has 1 aromatic heterocycles. The first-order valence-electron chi connectivity index (χ1n) is 6.50. The van der Waals surface area contributed by atoms with Gasteiger partial charge in [0.2, 0.25) is 0 Å². The third kappa shape index (κ3) is 2.08. The number of carboxylic acids is 1. The van der Waals surface area contributed by atoms with E-state index in [-0.39, 0.29) is 5.92 Å². The van der Waals surface area contributed by atoms with E-state index in [0.29, 0.717) is 0 Å². The van der Waals surface area contributed by atoms with Crippen LogP contribution in [-0.4, -0.2) is 20.6 Å². The minimum Gasteiger partial charge on any atom is -0.481 e. The highest BCUT2D eigenvalue weighted by Gasteiger charge is 2.31. The van der Waals surface area contributed by atoms with Crippen molar-refractivity contribution in [1.29, 1.82) is 0 Å². The Kier molecular flexibility index (Phi) is 3.50. The molecular formula is C13H20N2O2. The van der Waals surface area contributed by atoms with E-state index in [2.05, 4.69) is 23.4 Å². The molecule has 2 rings (SSSR count). The van der Waals surface area contributed by atoms with Gasteiger partial charge in [-0.2, -0.15) is 0 Å². The van der Waals surface area contributed by atoms with Crippen molar-refractivity contribution in [2.75, 3.05) is 0 Å². The van der Waals surface area contributed by atoms with Crippen molar-refractivity contribution in [3.63, 3.8) is 0 Å². The summed E-state index contributed by atoms with van der Waals surface area (Å²) in [6.45, 7) is 5.12. The number of fused-ring (bicyclic) bond motifs is 1. The molecule has 4 heteroatoms. The summed E-state index contributed by atoms with van der Waals surface area (Å²) >= 11 is 0. The zero-order valence-electron chi connectivity index (χ0n) is 10.6. The van der Waals surface area contributed by atoms with Gasteiger partial charge in [0.1, 0.15) is 11.7 Å². The first kappa shape index (κ1) is 12.1. The van der Waals surface area contributed by atoms with Crippen molar-refractivity contribution in [3.8, 4) is 0 Å². The molecule has 0 saturated carbocycles. The van der Waals surface area contributed by atoms with E-state index >= 15 is 0 Å². The van der Waals surface area contributed by atoms with Crippen LogP contribution in [0.1, 0.15) is 56.2 Å². The summed E-state index contributed by atoms with van der Waals surface area (Å²) in [5.41, 5.74) is 1.99. The number of aliphatic carboxylic acids is 1. The maximum absolute atomic E-state index is 11.2. The number of carboxylic acid groups (broad SMARTS) is 1. The van der Waals surface area contributed by atoms with Crippen LogP contribution in [0.15, 0.2) is 0 Å². The van der Waals surface area contributed by atoms with E-state index in [0.717, 1.165) is 55.9 Å². The molecule has 0 aromatic carbocycles. The van der Waals surface area contributed by atoms with Crippen LogP contribution >= 0.6 is 0 Å². The molecule has 0 fully saturated rings. The zero-order chi connectivity index (χ0) is 12.4. The summed E-state index contributed by atoms with van der Waals surface area (Å²) in [6, 6.07) is 0. The largest absolute Gasteiger partial charge is 0.481 e. The number of imidazole rings is 1. The minimum absolute atomic E-state index is 0.387. The first-order valence-corrected chi connectivity index (χ1v) is 6.50. The summed E-state index contributed by atoms with van der Waals surface area (Å²) in [6.07, 6.45) is 4.65. The van der Waals surface area contributed by atoms with Crippen LogP contribution in [-0.2, 0) is 24.2 Å². The van der Waals surface area contributed by atoms with Crippen molar-refractivity contribution in [3.05, 3.63) is 17.2 Å². The predicted octanol–water partition coefficient (Wildman–Crippen LogP) is 2.36. The smallest absolute Gasteiger partial charge is 0.312 e. The molecule has 0 saturated heterocycles. The Bertz CT molecular complexity index is 423. The fourth-order valence-corrected chi connectivity index (χ4v) is 2.74. The van der Waals surface area contributed by atoms with Crippen molar-refractivity contribution in [1.82, 2.24) is 9.55 Å². The van der Waals surface area contributed by atoms with Crippen molar-refractivity contribution < 1.29 is 9.90 Å². The van der Waals surface area contributed by atoms with E-state index < -0.39 is 5.97 Å². The predicted molar refractivity (Wildman–Crippen MR) is 65.2 cm³/mol. The van der Waals surface area contributed by atoms with Gasteiger partial charge in [0.25, 0.3) is 0 Å². The maximum atomic E-state index is 11.2. The van der Waals surface area contributed by atoms with Crippen LogP contribution < -0.4 is 0 Å². The topological polar surface area (TPSA) is 55.1 Å². The molecule has 1 aliphatic rings. The van der Waals surface area contributed by atoms with Crippen LogP contribution in [0.5, 0.6) is 0 Å². The molecule has 17 heavy (non-hydrogen) atoms. The zero-order valence-corrected chi connectivity index (χ0v) is 10.6. The Morgan fingerprint density at radius 1 is 1.53 bits per heavy atom. The van der Waals surface area contributed by atoms with Crippen LogP contribution in [0.25, 0.3) is 0 Å². The highest BCUT2D eigenvalue weighted by molar-refractivity contribution is 5.76. The van der Waals surface area contributed by atoms with Gasteiger partial charge in [0, 0.05) is 18.7 Å². The Labute approximate surface area is 102 Å². The number of hydrogen-bond acceptors (Lipinski definition) is 2. The van der Waals surface area contributed by atoms with Crippen molar-refractivity contribution in [2.24, 2.45) is 0 Å². The lowest BCUT2D eigenvalue weighted by molar-refractivity contribution is -0.139. The normalized spacial score (nSPS) is 19.1. The number of rotatable bonds is 4. The van der Waals surface area contributed by atoms with Gasteiger partial charge in [0.15, 0.2) is 0 Å².